The molecule has 0 saturated heterocycles. The van der Waals surface area contributed by atoms with Crippen LogP contribution >= 0.6 is 0 Å². The average Bonchev–Trinajstić information content (AvgIpc) is 2.36. The van der Waals surface area contributed by atoms with Gasteiger partial charge in [-0.15, -0.1) is 0 Å². The summed E-state index contributed by atoms with van der Waals surface area (Å²) < 4.78 is 36.8. The van der Waals surface area contributed by atoms with Crippen molar-refractivity contribution in [3.63, 3.8) is 0 Å². The van der Waals surface area contributed by atoms with Gasteiger partial charge in [-0.05, 0) is 12.1 Å². The lowest BCUT2D eigenvalue weighted by atomic mass is 10.2. The number of nitrogens with one attached hydrogen (secondary N) is 1. The Bertz CT molecular complexity index is 556. The Kier molecular flexibility index (Phi) is 4.84. The minimum Gasteiger partial charge on any atom is -0.481 e. The van der Waals surface area contributed by atoms with E-state index in [-0.39, 0.29) is 5.56 Å². The second-order valence-electron chi connectivity index (χ2n) is 3.89. The molecule has 0 fully saturated rings. The number of aromatic nitrogens is 1. The standard InChI is InChI=1S/C11H9F3N2O5/c12-11(13,14)7-2-1-5(4-15-7)9(19)16-6(10(20)21)3-8(17)18/h1-2,4,6H,3H2,(H,16,19)(H,17,18)(H,20,21). The third-order valence-corrected chi connectivity index (χ3v) is 2.30. The zero-order chi connectivity index (χ0) is 16.2. The highest BCUT2D eigenvalue weighted by molar-refractivity contribution is 5.97. The van der Waals surface area contributed by atoms with Crippen molar-refractivity contribution in [2.75, 3.05) is 0 Å². The van der Waals surface area contributed by atoms with E-state index >= 15 is 0 Å². The summed E-state index contributed by atoms with van der Waals surface area (Å²) in [5, 5.41) is 19.1. The summed E-state index contributed by atoms with van der Waals surface area (Å²) in [6.07, 6.45) is -4.91. The van der Waals surface area contributed by atoms with Gasteiger partial charge in [-0.2, -0.15) is 13.2 Å². The number of amides is 1. The van der Waals surface area contributed by atoms with Gasteiger partial charge >= 0.3 is 18.1 Å². The fourth-order valence-electron chi connectivity index (χ4n) is 1.31. The van der Waals surface area contributed by atoms with E-state index in [9.17, 15) is 27.6 Å². The molecule has 1 aromatic heterocycles. The Labute approximate surface area is 115 Å². The van der Waals surface area contributed by atoms with E-state index in [1.54, 1.807) is 0 Å². The Hall–Kier alpha value is -2.65. The van der Waals surface area contributed by atoms with Gasteiger partial charge in [0.15, 0.2) is 0 Å². The van der Waals surface area contributed by atoms with E-state index in [0.29, 0.717) is 12.3 Å². The Morgan fingerprint density at radius 3 is 2.24 bits per heavy atom. The molecule has 0 saturated carbocycles. The van der Waals surface area contributed by atoms with Crippen LogP contribution in [0.2, 0.25) is 0 Å². The van der Waals surface area contributed by atoms with E-state index in [2.05, 4.69) is 4.98 Å². The minimum absolute atomic E-state index is 0.320. The average molecular weight is 306 g/mol. The van der Waals surface area contributed by atoms with Gasteiger partial charge in [0.25, 0.3) is 5.91 Å². The number of hydrogen-bond acceptors (Lipinski definition) is 4. The van der Waals surface area contributed by atoms with E-state index in [1.807, 2.05) is 5.32 Å². The third-order valence-electron chi connectivity index (χ3n) is 2.30. The van der Waals surface area contributed by atoms with Gasteiger partial charge in [-0.3, -0.25) is 14.6 Å². The molecule has 21 heavy (non-hydrogen) atoms. The predicted octanol–water partition coefficient (Wildman–Crippen LogP) is 0.758. The number of halogens is 3. The highest BCUT2D eigenvalue weighted by atomic mass is 19.4. The summed E-state index contributed by atoms with van der Waals surface area (Å²) in [7, 11) is 0. The van der Waals surface area contributed by atoms with Crippen LogP contribution in [0.15, 0.2) is 18.3 Å². The van der Waals surface area contributed by atoms with Gasteiger partial charge in [0.2, 0.25) is 0 Å². The zero-order valence-electron chi connectivity index (χ0n) is 10.2. The summed E-state index contributed by atoms with van der Waals surface area (Å²) in [6, 6.07) is -0.329. The maximum Gasteiger partial charge on any atom is 0.433 e. The number of aliphatic carboxylic acids is 2. The molecular weight excluding hydrogens is 297 g/mol. The smallest absolute Gasteiger partial charge is 0.433 e. The van der Waals surface area contributed by atoms with Crippen molar-refractivity contribution in [1.29, 1.82) is 0 Å². The molecule has 0 aromatic carbocycles. The minimum atomic E-state index is -4.66. The molecule has 7 nitrogen and oxygen atoms in total. The number of carboxylic acid groups (broad SMARTS) is 2. The lowest BCUT2D eigenvalue weighted by molar-refractivity contribution is -0.145. The fraction of sp³-hybridized carbons (Fsp3) is 0.273. The van der Waals surface area contributed by atoms with Crippen molar-refractivity contribution in [2.24, 2.45) is 0 Å². The van der Waals surface area contributed by atoms with Crippen molar-refractivity contribution in [2.45, 2.75) is 18.6 Å². The van der Waals surface area contributed by atoms with E-state index < -0.39 is 42.2 Å². The van der Waals surface area contributed by atoms with Crippen molar-refractivity contribution in [3.05, 3.63) is 29.6 Å². The molecule has 114 valence electrons. The first-order valence-corrected chi connectivity index (χ1v) is 5.40. The lowest BCUT2D eigenvalue weighted by Gasteiger charge is -2.12. The molecule has 3 N–H and O–H groups in total. The summed E-state index contributed by atoms with van der Waals surface area (Å²) in [5.41, 5.74) is -1.53. The Morgan fingerprint density at radius 2 is 1.86 bits per heavy atom. The zero-order valence-corrected chi connectivity index (χ0v) is 10.2. The fourth-order valence-corrected chi connectivity index (χ4v) is 1.31. The summed E-state index contributed by atoms with van der Waals surface area (Å²) in [4.78, 5) is 35.8. The van der Waals surface area contributed by atoms with Crippen LogP contribution in [0.25, 0.3) is 0 Å². The Balaban J connectivity index is 2.83. The molecule has 1 rings (SSSR count). The first-order chi connectivity index (χ1) is 9.61. The molecule has 0 aliphatic rings. The molecule has 1 amide bonds. The highest BCUT2D eigenvalue weighted by Gasteiger charge is 2.32. The number of carbonyl (C=O) groups excluding carboxylic acids is 1. The molecule has 10 heteroatoms. The molecule has 0 radical (unpaired) electrons. The van der Waals surface area contributed by atoms with E-state index in [4.69, 9.17) is 10.2 Å². The molecule has 0 bridgehead atoms. The van der Waals surface area contributed by atoms with Gasteiger partial charge in [-0.1, -0.05) is 0 Å². The van der Waals surface area contributed by atoms with Crippen LogP contribution in [0.5, 0.6) is 0 Å². The van der Waals surface area contributed by atoms with Gasteiger partial charge in [0, 0.05) is 6.20 Å². The van der Waals surface area contributed by atoms with Crippen LogP contribution in [0.3, 0.4) is 0 Å². The van der Waals surface area contributed by atoms with Gasteiger partial charge in [0.05, 0.1) is 12.0 Å². The summed E-state index contributed by atoms with van der Waals surface area (Å²) in [5.74, 6) is -4.07. The molecule has 1 atom stereocenters. The van der Waals surface area contributed by atoms with Crippen LogP contribution in [-0.4, -0.2) is 39.1 Å². The van der Waals surface area contributed by atoms with Crippen LogP contribution in [0.4, 0.5) is 13.2 Å². The molecule has 1 unspecified atom stereocenters. The maximum absolute atomic E-state index is 12.3. The number of hydrogen-bond donors (Lipinski definition) is 3. The predicted molar refractivity (Wildman–Crippen MR) is 60.4 cm³/mol. The van der Waals surface area contributed by atoms with E-state index in [1.165, 1.54) is 0 Å². The van der Waals surface area contributed by atoms with Crippen LogP contribution in [-0.2, 0) is 15.8 Å². The summed E-state index contributed by atoms with van der Waals surface area (Å²) >= 11 is 0. The number of carbonyl (C=O) groups is 3. The molecule has 1 aromatic rings. The van der Waals surface area contributed by atoms with Crippen LogP contribution in [0.1, 0.15) is 22.5 Å². The van der Waals surface area contributed by atoms with E-state index in [0.717, 1.165) is 6.07 Å². The molecular formula is C11H9F3N2O5. The van der Waals surface area contributed by atoms with Gasteiger partial charge < -0.3 is 15.5 Å². The first kappa shape index (κ1) is 16.4. The Morgan fingerprint density at radius 1 is 1.24 bits per heavy atom. The number of carboxylic acids is 2. The second kappa shape index (κ2) is 6.20. The lowest BCUT2D eigenvalue weighted by Crippen LogP contribution is -2.42. The molecule has 0 spiro atoms. The third kappa shape index (κ3) is 4.75. The monoisotopic (exact) mass is 306 g/mol. The topological polar surface area (TPSA) is 117 Å². The number of nitrogens with zero attached hydrogens (tertiary/aromatic N) is 1. The highest BCUT2D eigenvalue weighted by Crippen LogP contribution is 2.27. The van der Waals surface area contributed by atoms with Crippen LogP contribution in [0, 0.1) is 0 Å². The molecule has 0 aliphatic carbocycles. The van der Waals surface area contributed by atoms with Gasteiger partial charge in [-0.25, -0.2) is 4.79 Å². The normalized spacial score (nSPS) is 12.5. The second-order valence-corrected chi connectivity index (χ2v) is 3.89. The van der Waals surface area contributed by atoms with Crippen LogP contribution < -0.4 is 5.32 Å². The number of pyridine rings is 1. The first-order valence-electron chi connectivity index (χ1n) is 5.40. The van der Waals surface area contributed by atoms with Crippen molar-refractivity contribution in [1.82, 2.24) is 10.3 Å². The number of alkyl halides is 3. The van der Waals surface area contributed by atoms with Crippen molar-refractivity contribution >= 4 is 17.8 Å². The SMILES string of the molecule is O=C(O)CC(NC(=O)c1ccc(C(F)(F)F)nc1)C(=O)O. The molecule has 0 aliphatic heterocycles. The number of rotatable bonds is 5. The largest absolute Gasteiger partial charge is 0.481 e. The van der Waals surface area contributed by atoms with Crippen molar-refractivity contribution < 1.29 is 37.8 Å². The maximum atomic E-state index is 12.3. The van der Waals surface area contributed by atoms with Crippen molar-refractivity contribution in [3.8, 4) is 0 Å². The van der Waals surface area contributed by atoms with Gasteiger partial charge in [0.1, 0.15) is 11.7 Å². The molecule has 1 heterocycles. The summed E-state index contributed by atoms with van der Waals surface area (Å²) in [6.45, 7) is 0. The quantitative estimate of drug-likeness (QED) is 0.739.